The summed E-state index contributed by atoms with van der Waals surface area (Å²) in [7, 11) is 1.73. The van der Waals surface area contributed by atoms with Crippen LogP contribution in [-0.2, 0) is 16.1 Å². The second kappa shape index (κ2) is 8.06. The Labute approximate surface area is 137 Å². The molecule has 1 aromatic carbocycles. The Balaban J connectivity index is 2.45. The van der Waals surface area contributed by atoms with Crippen LogP contribution in [0.4, 0.5) is 4.39 Å². The number of likely N-dealkylation sites (N-methyl/N-ethyl adjacent to an activating group) is 1. The van der Waals surface area contributed by atoms with Gasteiger partial charge in [-0.25, -0.2) is 4.39 Å². The molecule has 0 radical (unpaired) electrons. The number of halogens is 1. The summed E-state index contributed by atoms with van der Waals surface area (Å²) in [6, 6.07) is 5.52. The van der Waals surface area contributed by atoms with Gasteiger partial charge in [0.25, 0.3) is 0 Å². The summed E-state index contributed by atoms with van der Waals surface area (Å²) in [5.74, 6) is -0.614. The lowest BCUT2D eigenvalue weighted by molar-refractivity contribution is -0.128. The highest BCUT2D eigenvalue weighted by molar-refractivity contribution is 5.83. The molecule has 2 N–H and O–H groups in total. The Morgan fingerprint density at radius 1 is 1.22 bits per heavy atom. The molecular formula is C17H26FN3O2. The fourth-order valence-electron chi connectivity index (χ4n) is 1.96. The minimum atomic E-state index is -0.443. The molecule has 0 spiro atoms. The van der Waals surface area contributed by atoms with E-state index in [2.05, 4.69) is 10.6 Å². The highest BCUT2D eigenvalue weighted by Crippen LogP contribution is 2.04. The molecule has 0 heterocycles. The smallest absolute Gasteiger partial charge is 0.237 e. The van der Waals surface area contributed by atoms with Crippen LogP contribution in [0.15, 0.2) is 24.3 Å². The molecule has 0 aliphatic heterocycles. The van der Waals surface area contributed by atoms with E-state index in [4.69, 9.17) is 0 Å². The summed E-state index contributed by atoms with van der Waals surface area (Å²) in [5.41, 5.74) is 0.520. The average molecular weight is 323 g/mol. The second-order valence-electron chi connectivity index (χ2n) is 6.73. The average Bonchev–Trinajstić information content (AvgIpc) is 2.43. The fraction of sp³-hybridized carbons (Fsp3) is 0.529. The van der Waals surface area contributed by atoms with E-state index in [1.165, 1.54) is 12.1 Å². The van der Waals surface area contributed by atoms with Crippen LogP contribution < -0.4 is 10.6 Å². The van der Waals surface area contributed by atoms with E-state index in [0.29, 0.717) is 6.54 Å². The van der Waals surface area contributed by atoms with Gasteiger partial charge in [-0.2, -0.15) is 0 Å². The van der Waals surface area contributed by atoms with E-state index in [1.807, 2.05) is 20.8 Å². The third-order valence-electron chi connectivity index (χ3n) is 3.33. The zero-order chi connectivity index (χ0) is 17.6. The minimum absolute atomic E-state index is 0.127. The van der Waals surface area contributed by atoms with Crippen LogP contribution in [0.3, 0.4) is 0 Å². The summed E-state index contributed by atoms with van der Waals surface area (Å²) in [5, 5.41) is 5.64. The number of nitrogens with one attached hydrogen (secondary N) is 2. The van der Waals surface area contributed by atoms with Gasteiger partial charge in [-0.05, 0) is 52.4 Å². The van der Waals surface area contributed by atoms with Gasteiger partial charge in [-0.15, -0.1) is 0 Å². The van der Waals surface area contributed by atoms with Crippen molar-refractivity contribution < 1.29 is 14.0 Å². The standard InChI is InChI=1S/C17H26FN3O2/c1-12(21(5)11-15(22)20-17(2,3)4)16(23)19-10-13-6-8-14(18)9-7-13/h6-9,12H,10-11H2,1-5H3,(H,19,23)(H,20,22). The molecule has 1 atom stereocenters. The Bertz CT molecular complexity index is 538. The molecule has 1 aromatic rings. The Morgan fingerprint density at radius 3 is 2.30 bits per heavy atom. The predicted octanol–water partition coefficient (Wildman–Crippen LogP) is 1.68. The molecule has 23 heavy (non-hydrogen) atoms. The highest BCUT2D eigenvalue weighted by Gasteiger charge is 2.21. The third-order valence-corrected chi connectivity index (χ3v) is 3.33. The van der Waals surface area contributed by atoms with Crippen molar-refractivity contribution in [3.05, 3.63) is 35.6 Å². The minimum Gasteiger partial charge on any atom is -0.351 e. The molecule has 1 rings (SSSR count). The molecule has 0 bridgehead atoms. The number of carbonyl (C=O) groups excluding carboxylic acids is 2. The molecule has 6 heteroatoms. The maximum Gasteiger partial charge on any atom is 0.237 e. The van der Waals surface area contributed by atoms with Crippen molar-refractivity contribution in [3.8, 4) is 0 Å². The molecule has 0 aromatic heterocycles. The normalized spacial score (nSPS) is 12.8. The maximum atomic E-state index is 12.8. The molecule has 0 aliphatic rings. The van der Waals surface area contributed by atoms with Gasteiger partial charge in [-0.1, -0.05) is 12.1 Å². The van der Waals surface area contributed by atoms with E-state index in [1.54, 1.807) is 31.0 Å². The first-order valence-corrected chi connectivity index (χ1v) is 7.62. The largest absolute Gasteiger partial charge is 0.351 e. The van der Waals surface area contributed by atoms with Gasteiger partial charge < -0.3 is 10.6 Å². The van der Waals surface area contributed by atoms with Crippen molar-refractivity contribution in [2.45, 2.75) is 45.8 Å². The molecule has 5 nitrogen and oxygen atoms in total. The highest BCUT2D eigenvalue weighted by atomic mass is 19.1. The van der Waals surface area contributed by atoms with Gasteiger partial charge in [0.05, 0.1) is 12.6 Å². The van der Waals surface area contributed by atoms with Gasteiger partial charge in [-0.3, -0.25) is 14.5 Å². The van der Waals surface area contributed by atoms with E-state index in [-0.39, 0.29) is 29.7 Å². The van der Waals surface area contributed by atoms with Crippen LogP contribution in [0, 0.1) is 5.82 Å². The maximum absolute atomic E-state index is 12.8. The third kappa shape index (κ3) is 7.23. The van der Waals surface area contributed by atoms with E-state index < -0.39 is 6.04 Å². The predicted molar refractivity (Wildman–Crippen MR) is 88.2 cm³/mol. The first-order chi connectivity index (χ1) is 10.6. The quantitative estimate of drug-likeness (QED) is 0.837. The monoisotopic (exact) mass is 323 g/mol. The number of carbonyl (C=O) groups is 2. The van der Waals surface area contributed by atoms with Crippen LogP contribution >= 0.6 is 0 Å². The molecule has 1 unspecified atom stereocenters. The molecule has 2 amide bonds. The van der Waals surface area contributed by atoms with Crippen LogP contribution in [0.25, 0.3) is 0 Å². The molecule has 0 aliphatic carbocycles. The summed E-state index contributed by atoms with van der Waals surface area (Å²) < 4.78 is 12.8. The van der Waals surface area contributed by atoms with Crippen LogP contribution in [0.2, 0.25) is 0 Å². The Kier molecular flexibility index (Phi) is 6.69. The lowest BCUT2D eigenvalue weighted by Crippen LogP contribution is -2.50. The molecule has 0 fully saturated rings. The van der Waals surface area contributed by atoms with Gasteiger partial charge in [0.2, 0.25) is 11.8 Å². The van der Waals surface area contributed by atoms with Crippen molar-refractivity contribution in [2.75, 3.05) is 13.6 Å². The molecular weight excluding hydrogens is 297 g/mol. The summed E-state index contributed by atoms with van der Waals surface area (Å²) in [4.78, 5) is 25.7. The van der Waals surface area contributed by atoms with Gasteiger partial charge in [0, 0.05) is 12.1 Å². The summed E-state index contributed by atoms with van der Waals surface area (Å²) >= 11 is 0. The molecule has 0 saturated heterocycles. The SMILES string of the molecule is CC(C(=O)NCc1ccc(F)cc1)N(C)CC(=O)NC(C)(C)C. The first kappa shape index (κ1) is 19.1. The summed E-state index contributed by atoms with van der Waals surface area (Å²) in [6.45, 7) is 7.93. The number of rotatable bonds is 6. The van der Waals surface area contributed by atoms with Crippen LogP contribution in [0.5, 0.6) is 0 Å². The first-order valence-electron chi connectivity index (χ1n) is 7.62. The lowest BCUT2D eigenvalue weighted by atomic mass is 10.1. The number of hydrogen-bond acceptors (Lipinski definition) is 3. The van der Waals surface area contributed by atoms with Crippen molar-refractivity contribution in [1.29, 1.82) is 0 Å². The zero-order valence-electron chi connectivity index (χ0n) is 14.4. The van der Waals surface area contributed by atoms with E-state index >= 15 is 0 Å². The van der Waals surface area contributed by atoms with Crippen LogP contribution in [-0.4, -0.2) is 41.9 Å². The number of nitrogens with zero attached hydrogens (tertiary/aromatic N) is 1. The van der Waals surface area contributed by atoms with Gasteiger partial charge in [0.1, 0.15) is 5.82 Å². The van der Waals surface area contributed by atoms with Gasteiger partial charge in [0.15, 0.2) is 0 Å². The van der Waals surface area contributed by atoms with Crippen molar-refractivity contribution in [3.63, 3.8) is 0 Å². The molecule has 128 valence electrons. The number of amides is 2. The number of hydrogen-bond donors (Lipinski definition) is 2. The van der Waals surface area contributed by atoms with Gasteiger partial charge >= 0.3 is 0 Å². The fourth-order valence-corrected chi connectivity index (χ4v) is 1.96. The van der Waals surface area contributed by atoms with Crippen molar-refractivity contribution in [2.24, 2.45) is 0 Å². The summed E-state index contributed by atoms with van der Waals surface area (Å²) in [6.07, 6.45) is 0. The van der Waals surface area contributed by atoms with E-state index in [0.717, 1.165) is 5.56 Å². The van der Waals surface area contributed by atoms with Crippen LogP contribution in [0.1, 0.15) is 33.3 Å². The zero-order valence-corrected chi connectivity index (χ0v) is 14.4. The van der Waals surface area contributed by atoms with E-state index in [9.17, 15) is 14.0 Å². The Morgan fingerprint density at radius 2 is 1.78 bits per heavy atom. The topological polar surface area (TPSA) is 61.4 Å². The second-order valence-corrected chi connectivity index (χ2v) is 6.73. The van der Waals surface area contributed by atoms with Crippen molar-refractivity contribution >= 4 is 11.8 Å². The molecule has 0 saturated carbocycles. The lowest BCUT2D eigenvalue weighted by Gasteiger charge is -2.26. The number of benzene rings is 1. The van der Waals surface area contributed by atoms with Crippen molar-refractivity contribution in [1.82, 2.24) is 15.5 Å². The Hall–Kier alpha value is -1.95.